The first-order chi connectivity index (χ1) is 7.95. The van der Waals surface area contributed by atoms with E-state index >= 15 is 0 Å². The summed E-state index contributed by atoms with van der Waals surface area (Å²) in [5.74, 6) is 0.375. The van der Waals surface area contributed by atoms with Gasteiger partial charge >= 0.3 is 0 Å². The number of anilines is 1. The lowest BCUT2D eigenvalue weighted by atomic mass is 10.3. The molecule has 6 heteroatoms. The minimum absolute atomic E-state index is 0.292. The fourth-order valence-corrected chi connectivity index (χ4v) is 2.00. The van der Waals surface area contributed by atoms with Crippen LogP contribution in [0.5, 0.6) is 0 Å². The fourth-order valence-electron chi connectivity index (χ4n) is 1.37. The topological polar surface area (TPSA) is 84.5 Å². The Balaban J connectivity index is 2.07. The van der Waals surface area contributed by atoms with Crippen molar-refractivity contribution in [3.8, 4) is 0 Å². The molecule has 5 nitrogen and oxygen atoms in total. The Morgan fingerprint density at radius 3 is 2.41 bits per heavy atom. The highest BCUT2D eigenvalue weighted by Crippen LogP contribution is 2.23. The third-order valence-electron chi connectivity index (χ3n) is 2.42. The molecule has 1 aromatic carbocycles. The standard InChI is InChI=1S/C11H15N3O2S/c1-17(15,16)10-6-4-9(5-7-10)14-11(12)13-8-2-3-8/h4-8H,2-3H2,1H3,(H3,12,13,14). The molecule has 1 aliphatic rings. The normalized spacial score (nSPS) is 16.9. The van der Waals surface area contributed by atoms with E-state index in [0.29, 0.717) is 16.9 Å². The molecule has 0 spiro atoms. The molecule has 0 aliphatic heterocycles. The van der Waals surface area contributed by atoms with Gasteiger partial charge in [0, 0.05) is 11.9 Å². The SMILES string of the molecule is CS(=O)(=O)c1ccc(NC(N)=NC2CC2)cc1. The van der Waals surface area contributed by atoms with Crippen LogP contribution in [0.1, 0.15) is 12.8 Å². The lowest BCUT2D eigenvalue weighted by Gasteiger charge is -2.06. The predicted octanol–water partition coefficient (Wildman–Crippen LogP) is 0.979. The first kappa shape index (κ1) is 11.9. The fraction of sp³-hybridized carbons (Fsp3) is 0.364. The van der Waals surface area contributed by atoms with Crippen LogP contribution >= 0.6 is 0 Å². The molecule has 1 saturated carbocycles. The Labute approximate surface area is 101 Å². The molecule has 1 fully saturated rings. The number of nitrogens with one attached hydrogen (secondary N) is 1. The Kier molecular flexibility index (Phi) is 3.06. The predicted molar refractivity (Wildman–Crippen MR) is 67.8 cm³/mol. The number of nitrogens with zero attached hydrogens (tertiary/aromatic N) is 1. The van der Waals surface area contributed by atoms with Gasteiger partial charge in [-0.3, -0.25) is 0 Å². The molecule has 17 heavy (non-hydrogen) atoms. The Morgan fingerprint density at radius 2 is 1.94 bits per heavy atom. The summed E-state index contributed by atoms with van der Waals surface area (Å²) in [7, 11) is -3.15. The second-order valence-corrected chi connectivity index (χ2v) is 6.18. The van der Waals surface area contributed by atoms with Crippen LogP contribution in [-0.2, 0) is 9.84 Å². The van der Waals surface area contributed by atoms with Gasteiger partial charge in [0.05, 0.1) is 10.9 Å². The molecule has 0 amide bonds. The maximum atomic E-state index is 11.3. The van der Waals surface area contributed by atoms with Crippen LogP contribution in [0.15, 0.2) is 34.2 Å². The molecule has 0 heterocycles. The maximum Gasteiger partial charge on any atom is 0.193 e. The zero-order valence-electron chi connectivity index (χ0n) is 9.55. The van der Waals surface area contributed by atoms with Gasteiger partial charge in [-0.1, -0.05) is 0 Å². The van der Waals surface area contributed by atoms with Gasteiger partial charge in [0.2, 0.25) is 0 Å². The van der Waals surface area contributed by atoms with E-state index in [1.165, 1.54) is 6.26 Å². The van der Waals surface area contributed by atoms with E-state index in [4.69, 9.17) is 5.73 Å². The largest absolute Gasteiger partial charge is 0.370 e. The van der Waals surface area contributed by atoms with Gasteiger partial charge in [0.25, 0.3) is 0 Å². The van der Waals surface area contributed by atoms with E-state index in [2.05, 4.69) is 10.3 Å². The van der Waals surface area contributed by atoms with Gasteiger partial charge in [-0.2, -0.15) is 0 Å². The highest BCUT2D eigenvalue weighted by atomic mass is 32.2. The summed E-state index contributed by atoms with van der Waals surface area (Å²) >= 11 is 0. The lowest BCUT2D eigenvalue weighted by Crippen LogP contribution is -2.23. The number of benzene rings is 1. The van der Waals surface area contributed by atoms with Crippen LogP contribution in [0.25, 0.3) is 0 Å². The minimum atomic E-state index is -3.15. The molecule has 3 N–H and O–H groups in total. The highest BCUT2D eigenvalue weighted by Gasteiger charge is 2.20. The van der Waals surface area contributed by atoms with E-state index in [0.717, 1.165) is 18.5 Å². The van der Waals surface area contributed by atoms with Crippen molar-refractivity contribution in [2.75, 3.05) is 11.6 Å². The van der Waals surface area contributed by atoms with Crippen molar-refractivity contribution < 1.29 is 8.42 Å². The summed E-state index contributed by atoms with van der Waals surface area (Å²) in [4.78, 5) is 4.51. The summed E-state index contributed by atoms with van der Waals surface area (Å²) in [6, 6.07) is 6.79. The quantitative estimate of drug-likeness (QED) is 0.621. The van der Waals surface area contributed by atoms with Gasteiger partial charge in [-0.25, -0.2) is 13.4 Å². The summed E-state index contributed by atoms with van der Waals surface area (Å²) < 4.78 is 22.5. The van der Waals surface area contributed by atoms with E-state index in [1.54, 1.807) is 24.3 Å². The Bertz CT molecular complexity index is 530. The number of hydrogen-bond acceptors (Lipinski definition) is 3. The highest BCUT2D eigenvalue weighted by molar-refractivity contribution is 7.90. The molecular weight excluding hydrogens is 238 g/mol. The molecule has 92 valence electrons. The molecule has 0 atom stereocenters. The van der Waals surface area contributed by atoms with E-state index < -0.39 is 9.84 Å². The zero-order valence-corrected chi connectivity index (χ0v) is 10.4. The molecule has 0 saturated heterocycles. The third-order valence-corrected chi connectivity index (χ3v) is 3.55. The summed E-state index contributed by atoms with van der Waals surface area (Å²) in [5, 5.41) is 2.92. The van der Waals surface area contributed by atoms with Gasteiger partial charge in [0.1, 0.15) is 0 Å². The van der Waals surface area contributed by atoms with Gasteiger partial charge in [0.15, 0.2) is 15.8 Å². The second-order valence-electron chi connectivity index (χ2n) is 4.17. The van der Waals surface area contributed by atoms with E-state index in [9.17, 15) is 8.42 Å². The van der Waals surface area contributed by atoms with Crippen LogP contribution in [0.2, 0.25) is 0 Å². The molecule has 0 radical (unpaired) electrons. The van der Waals surface area contributed by atoms with Crippen molar-refractivity contribution in [3.63, 3.8) is 0 Å². The molecule has 0 bridgehead atoms. The minimum Gasteiger partial charge on any atom is -0.370 e. The Morgan fingerprint density at radius 1 is 1.35 bits per heavy atom. The number of hydrogen-bond donors (Lipinski definition) is 2. The van der Waals surface area contributed by atoms with Gasteiger partial charge in [-0.15, -0.1) is 0 Å². The van der Waals surface area contributed by atoms with Crippen LogP contribution in [0.3, 0.4) is 0 Å². The third kappa shape index (κ3) is 3.45. The van der Waals surface area contributed by atoms with Crippen molar-refractivity contribution in [2.24, 2.45) is 10.7 Å². The van der Waals surface area contributed by atoms with Crippen molar-refractivity contribution >= 4 is 21.5 Å². The van der Waals surface area contributed by atoms with Crippen LogP contribution in [0.4, 0.5) is 5.69 Å². The maximum absolute atomic E-state index is 11.3. The average Bonchev–Trinajstić information content (AvgIpc) is 3.01. The monoisotopic (exact) mass is 253 g/mol. The molecule has 1 aliphatic carbocycles. The van der Waals surface area contributed by atoms with Crippen molar-refractivity contribution in [1.82, 2.24) is 0 Å². The number of rotatable bonds is 3. The number of aliphatic imine (C=N–C) groups is 1. The van der Waals surface area contributed by atoms with E-state index in [-0.39, 0.29) is 0 Å². The average molecular weight is 253 g/mol. The van der Waals surface area contributed by atoms with Crippen LogP contribution in [-0.4, -0.2) is 26.7 Å². The van der Waals surface area contributed by atoms with Gasteiger partial charge in [-0.05, 0) is 37.1 Å². The molecule has 2 rings (SSSR count). The van der Waals surface area contributed by atoms with Crippen molar-refractivity contribution in [1.29, 1.82) is 0 Å². The molecule has 0 aromatic heterocycles. The number of sulfone groups is 1. The molecule has 1 aromatic rings. The van der Waals surface area contributed by atoms with Crippen LogP contribution in [0, 0.1) is 0 Å². The van der Waals surface area contributed by atoms with Crippen molar-refractivity contribution in [3.05, 3.63) is 24.3 Å². The van der Waals surface area contributed by atoms with Gasteiger partial charge < -0.3 is 11.1 Å². The number of nitrogens with two attached hydrogens (primary N) is 1. The zero-order chi connectivity index (χ0) is 12.5. The lowest BCUT2D eigenvalue weighted by molar-refractivity contribution is 0.602. The first-order valence-electron chi connectivity index (χ1n) is 5.35. The summed E-state index contributed by atoms with van der Waals surface area (Å²) in [5.41, 5.74) is 6.43. The smallest absolute Gasteiger partial charge is 0.193 e. The first-order valence-corrected chi connectivity index (χ1v) is 7.25. The van der Waals surface area contributed by atoms with Crippen molar-refractivity contribution in [2.45, 2.75) is 23.8 Å². The Hall–Kier alpha value is -1.56. The molecular formula is C11H15N3O2S. The van der Waals surface area contributed by atoms with Crippen LogP contribution < -0.4 is 11.1 Å². The summed E-state index contributed by atoms with van der Waals surface area (Å²) in [6.45, 7) is 0. The second kappa shape index (κ2) is 4.37. The van der Waals surface area contributed by atoms with E-state index in [1.807, 2.05) is 0 Å². The number of guanidine groups is 1. The summed E-state index contributed by atoms with van der Waals surface area (Å²) in [6.07, 6.45) is 3.36. The molecule has 0 unspecified atom stereocenters.